The lowest BCUT2D eigenvalue weighted by Gasteiger charge is -2.31. The summed E-state index contributed by atoms with van der Waals surface area (Å²) in [7, 11) is 1.29. The van der Waals surface area contributed by atoms with E-state index in [9.17, 15) is 9.59 Å². The van der Waals surface area contributed by atoms with Gasteiger partial charge in [0.1, 0.15) is 18.1 Å². The summed E-state index contributed by atoms with van der Waals surface area (Å²) in [6, 6.07) is 20.8. The summed E-state index contributed by atoms with van der Waals surface area (Å²) in [6.45, 7) is 4.47. The van der Waals surface area contributed by atoms with Crippen molar-refractivity contribution < 1.29 is 19.1 Å². The van der Waals surface area contributed by atoms with E-state index < -0.39 is 12.0 Å². The Balaban J connectivity index is 1.68. The Morgan fingerprint density at radius 2 is 1.89 bits per heavy atom. The molecule has 0 saturated heterocycles. The van der Waals surface area contributed by atoms with E-state index >= 15 is 0 Å². The molecule has 3 heterocycles. The zero-order valence-corrected chi connectivity index (χ0v) is 21.0. The number of aryl methyl sites for hydroxylation is 1. The van der Waals surface area contributed by atoms with Gasteiger partial charge in [-0.1, -0.05) is 30.3 Å². The first-order chi connectivity index (χ1) is 18.0. The Kier molecular flexibility index (Phi) is 6.68. The van der Waals surface area contributed by atoms with E-state index in [-0.39, 0.29) is 19.1 Å². The molecule has 37 heavy (non-hydrogen) atoms. The number of carbonyl (C=O) groups is 2. The second-order valence-corrected chi connectivity index (χ2v) is 8.71. The van der Waals surface area contributed by atoms with Crippen molar-refractivity contribution in [3.05, 3.63) is 95.4 Å². The van der Waals surface area contributed by atoms with Crippen molar-refractivity contribution >= 4 is 12.0 Å². The number of aromatic nitrogens is 3. The highest BCUT2D eigenvalue weighted by Gasteiger charge is 2.36. The number of fused-ring (bicyclic) bond motifs is 3. The van der Waals surface area contributed by atoms with Gasteiger partial charge >= 0.3 is 12.0 Å². The standard InChI is InChI=1S/C28H29N5O4/c1-4-37-22-13-8-10-20(16-22)26-24-14-9-15-31(24)27-23(18-32(26)28(35)29-17-25(34)36-3)19(2)30-33(27)21-11-6-5-7-12-21/h5-16,26H,4,17-18H2,1-3H3,(H,29,35)/t26-/m1/s1. The van der Waals surface area contributed by atoms with Crippen LogP contribution >= 0.6 is 0 Å². The van der Waals surface area contributed by atoms with Crippen LogP contribution in [0.5, 0.6) is 5.75 Å². The van der Waals surface area contributed by atoms with Gasteiger partial charge in [0, 0.05) is 11.8 Å². The highest BCUT2D eigenvalue weighted by atomic mass is 16.5. The molecule has 0 radical (unpaired) electrons. The normalized spacial score (nSPS) is 14.4. The average Bonchev–Trinajstić information content (AvgIpc) is 3.48. The molecule has 5 rings (SSSR count). The van der Waals surface area contributed by atoms with Gasteiger partial charge in [0.2, 0.25) is 0 Å². The molecule has 2 amide bonds. The summed E-state index contributed by atoms with van der Waals surface area (Å²) in [5.74, 6) is 1.08. The Morgan fingerprint density at radius 1 is 1.08 bits per heavy atom. The maximum atomic E-state index is 13.6. The highest BCUT2D eigenvalue weighted by molar-refractivity contribution is 5.81. The molecule has 1 aliphatic heterocycles. The fourth-order valence-corrected chi connectivity index (χ4v) is 4.76. The van der Waals surface area contributed by atoms with E-state index in [0.717, 1.165) is 39.8 Å². The predicted octanol–water partition coefficient (Wildman–Crippen LogP) is 4.16. The summed E-state index contributed by atoms with van der Waals surface area (Å²) in [5, 5.41) is 7.57. The van der Waals surface area contributed by atoms with Crippen LogP contribution in [0.3, 0.4) is 0 Å². The van der Waals surface area contributed by atoms with Crippen LogP contribution in [-0.4, -0.2) is 51.5 Å². The van der Waals surface area contributed by atoms with Gasteiger partial charge in [0.05, 0.1) is 43.4 Å². The van der Waals surface area contributed by atoms with E-state index in [4.69, 9.17) is 14.6 Å². The summed E-state index contributed by atoms with van der Waals surface area (Å²) in [4.78, 5) is 27.2. The average molecular weight is 500 g/mol. The third-order valence-electron chi connectivity index (χ3n) is 6.44. The number of para-hydroxylation sites is 1. The number of nitrogens with zero attached hydrogens (tertiary/aromatic N) is 4. The number of urea groups is 1. The lowest BCUT2D eigenvalue weighted by molar-refractivity contribution is -0.139. The number of hydrogen-bond acceptors (Lipinski definition) is 5. The zero-order valence-electron chi connectivity index (χ0n) is 21.0. The van der Waals surface area contributed by atoms with Gasteiger partial charge in [0.25, 0.3) is 0 Å². The van der Waals surface area contributed by atoms with E-state index in [0.29, 0.717) is 6.61 Å². The number of ether oxygens (including phenoxy) is 2. The second kappa shape index (κ2) is 10.2. The number of nitrogens with one attached hydrogen (secondary N) is 1. The summed E-state index contributed by atoms with van der Waals surface area (Å²) in [5.41, 5.74) is 4.43. The van der Waals surface area contributed by atoms with Crippen LogP contribution < -0.4 is 10.1 Å². The van der Waals surface area contributed by atoms with Gasteiger partial charge in [-0.25, -0.2) is 9.48 Å². The molecule has 0 fully saturated rings. The Morgan fingerprint density at radius 3 is 2.65 bits per heavy atom. The minimum absolute atomic E-state index is 0.229. The third-order valence-corrected chi connectivity index (χ3v) is 6.44. The zero-order chi connectivity index (χ0) is 25.9. The fourth-order valence-electron chi connectivity index (χ4n) is 4.76. The van der Waals surface area contributed by atoms with Crippen LogP contribution in [0.15, 0.2) is 72.9 Å². The molecule has 0 bridgehead atoms. The van der Waals surface area contributed by atoms with Gasteiger partial charge < -0.3 is 24.3 Å². The lowest BCUT2D eigenvalue weighted by Crippen LogP contribution is -2.44. The Hall–Kier alpha value is -4.53. The van der Waals surface area contributed by atoms with Gasteiger partial charge in [-0.15, -0.1) is 0 Å². The number of methoxy groups -OCH3 is 1. The molecule has 0 unspecified atom stereocenters. The Labute approximate surface area is 215 Å². The maximum Gasteiger partial charge on any atom is 0.325 e. The van der Waals surface area contributed by atoms with Crippen LogP contribution in [0, 0.1) is 6.92 Å². The molecule has 190 valence electrons. The SMILES string of the molecule is CCOc1cccc([C@@H]2c3cccn3-c3c(c(C)nn3-c3ccccc3)CN2C(=O)NCC(=O)OC)c1. The first kappa shape index (κ1) is 24.2. The molecular formula is C28H29N5O4. The van der Waals surface area contributed by atoms with Crippen LogP contribution in [-0.2, 0) is 16.1 Å². The maximum absolute atomic E-state index is 13.6. The van der Waals surface area contributed by atoms with Gasteiger partial charge in [-0.2, -0.15) is 5.10 Å². The van der Waals surface area contributed by atoms with Crippen molar-refractivity contribution in [1.82, 2.24) is 24.6 Å². The summed E-state index contributed by atoms with van der Waals surface area (Å²) in [6.07, 6.45) is 1.99. The molecule has 4 aromatic rings. The molecular weight excluding hydrogens is 470 g/mol. The first-order valence-corrected chi connectivity index (χ1v) is 12.2. The van der Waals surface area contributed by atoms with Crippen molar-refractivity contribution in [3.8, 4) is 17.3 Å². The quantitative estimate of drug-likeness (QED) is 0.403. The van der Waals surface area contributed by atoms with Gasteiger partial charge in [-0.3, -0.25) is 4.79 Å². The van der Waals surface area contributed by atoms with Gasteiger partial charge in [-0.05, 0) is 55.8 Å². The van der Waals surface area contributed by atoms with Crippen LogP contribution in [0.4, 0.5) is 4.79 Å². The molecule has 1 N–H and O–H groups in total. The summed E-state index contributed by atoms with van der Waals surface area (Å²) < 4.78 is 14.5. The van der Waals surface area contributed by atoms with Crippen molar-refractivity contribution in [1.29, 1.82) is 0 Å². The van der Waals surface area contributed by atoms with Crippen LogP contribution in [0.1, 0.15) is 35.5 Å². The molecule has 1 atom stereocenters. The number of benzene rings is 2. The summed E-state index contributed by atoms with van der Waals surface area (Å²) >= 11 is 0. The largest absolute Gasteiger partial charge is 0.494 e. The van der Waals surface area contributed by atoms with Crippen molar-refractivity contribution in [2.75, 3.05) is 20.3 Å². The first-order valence-electron chi connectivity index (χ1n) is 12.2. The minimum atomic E-state index is -0.518. The molecule has 9 nitrogen and oxygen atoms in total. The van der Waals surface area contributed by atoms with Crippen LogP contribution in [0.2, 0.25) is 0 Å². The van der Waals surface area contributed by atoms with Crippen LogP contribution in [0.25, 0.3) is 11.5 Å². The highest BCUT2D eigenvalue weighted by Crippen LogP contribution is 2.39. The number of esters is 1. The number of carbonyl (C=O) groups excluding carboxylic acids is 2. The minimum Gasteiger partial charge on any atom is -0.494 e. The second-order valence-electron chi connectivity index (χ2n) is 8.71. The molecule has 9 heteroatoms. The predicted molar refractivity (Wildman–Crippen MR) is 138 cm³/mol. The fraction of sp³-hybridized carbons (Fsp3) is 0.250. The molecule has 0 saturated carbocycles. The number of hydrogen-bond donors (Lipinski definition) is 1. The van der Waals surface area contributed by atoms with Crippen molar-refractivity contribution in [2.24, 2.45) is 0 Å². The monoisotopic (exact) mass is 499 g/mol. The lowest BCUT2D eigenvalue weighted by atomic mass is 10.0. The van der Waals surface area contributed by atoms with E-state index in [1.54, 1.807) is 4.90 Å². The van der Waals surface area contributed by atoms with Crippen molar-refractivity contribution in [3.63, 3.8) is 0 Å². The van der Waals surface area contributed by atoms with E-state index in [1.807, 2.05) is 91.5 Å². The van der Waals surface area contributed by atoms with Gasteiger partial charge in [0.15, 0.2) is 0 Å². The Bertz CT molecular complexity index is 1430. The molecule has 2 aromatic heterocycles. The van der Waals surface area contributed by atoms with Crippen molar-refractivity contribution in [2.45, 2.75) is 26.4 Å². The van der Waals surface area contributed by atoms with E-state index in [1.165, 1.54) is 7.11 Å². The smallest absolute Gasteiger partial charge is 0.325 e. The third kappa shape index (κ3) is 4.55. The molecule has 2 aromatic carbocycles. The number of amides is 2. The molecule has 0 spiro atoms. The topological polar surface area (TPSA) is 90.6 Å². The van der Waals surface area contributed by atoms with E-state index in [2.05, 4.69) is 9.88 Å². The molecule has 1 aliphatic rings. The molecule has 0 aliphatic carbocycles. The number of rotatable bonds is 6.